The van der Waals surface area contributed by atoms with E-state index in [1.165, 1.54) is 0 Å². The van der Waals surface area contributed by atoms with Crippen molar-refractivity contribution in [3.05, 3.63) is 24.3 Å². The van der Waals surface area contributed by atoms with E-state index in [9.17, 15) is 13.5 Å². The number of benzene rings is 1. The number of fused-ring (bicyclic) bond motifs is 1. The molecule has 0 spiro atoms. The zero-order valence-corrected chi connectivity index (χ0v) is 12.5. The fourth-order valence-electron chi connectivity index (χ4n) is 3.48. The highest BCUT2D eigenvalue weighted by molar-refractivity contribution is 7.91. The smallest absolute Gasteiger partial charge is 0.178 e. The zero-order chi connectivity index (χ0) is 14.3. The minimum Gasteiger partial charge on any atom is -0.393 e. The number of aliphatic hydroxyl groups excluding tert-OH is 1. The Bertz CT molecular complexity index is 582. The minimum atomic E-state index is -3.12. The summed E-state index contributed by atoms with van der Waals surface area (Å²) in [7, 11) is -3.12. The highest BCUT2D eigenvalue weighted by Crippen LogP contribution is 2.39. The summed E-state index contributed by atoms with van der Waals surface area (Å²) in [5.74, 6) is 1.10. The first-order valence-electron chi connectivity index (χ1n) is 7.27. The lowest BCUT2D eigenvalue weighted by Gasteiger charge is -2.20. The molecule has 20 heavy (non-hydrogen) atoms. The summed E-state index contributed by atoms with van der Waals surface area (Å²) in [6.45, 7) is 3.51. The Morgan fingerprint density at radius 2 is 1.90 bits per heavy atom. The molecule has 1 aliphatic carbocycles. The van der Waals surface area contributed by atoms with Gasteiger partial charge in [-0.3, -0.25) is 0 Å². The van der Waals surface area contributed by atoms with Crippen LogP contribution < -0.4 is 4.90 Å². The largest absolute Gasteiger partial charge is 0.393 e. The van der Waals surface area contributed by atoms with Gasteiger partial charge in [-0.25, -0.2) is 8.42 Å². The second-order valence-electron chi connectivity index (χ2n) is 5.87. The molecule has 2 fully saturated rings. The van der Waals surface area contributed by atoms with Gasteiger partial charge in [0.05, 0.1) is 16.8 Å². The lowest BCUT2D eigenvalue weighted by atomic mass is 10.00. The molecular formula is C15H21NO3S. The Balaban J connectivity index is 1.77. The lowest BCUT2D eigenvalue weighted by molar-refractivity contribution is 0.133. The molecule has 0 radical (unpaired) electrons. The van der Waals surface area contributed by atoms with Crippen LogP contribution in [0.1, 0.15) is 19.8 Å². The van der Waals surface area contributed by atoms with Crippen LogP contribution in [-0.4, -0.2) is 38.5 Å². The fourth-order valence-corrected chi connectivity index (χ4v) is 4.36. The lowest BCUT2D eigenvalue weighted by Crippen LogP contribution is -2.24. The van der Waals surface area contributed by atoms with Crippen LogP contribution in [0.5, 0.6) is 0 Å². The predicted molar refractivity (Wildman–Crippen MR) is 78.6 cm³/mol. The molecule has 1 aromatic rings. The summed E-state index contributed by atoms with van der Waals surface area (Å²) < 4.78 is 23.6. The number of hydrogen-bond acceptors (Lipinski definition) is 4. The van der Waals surface area contributed by atoms with Crippen molar-refractivity contribution in [3.63, 3.8) is 0 Å². The number of hydrogen-bond donors (Lipinski definition) is 1. The number of anilines is 1. The van der Waals surface area contributed by atoms with Gasteiger partial charge in [0.25, 0.3) is 0 Å². The number of rotatable bonds is 3. The van der Waals surface area contributed by atoms with Crippen LogP contribution in [0.25, 0.3) is 0 Å². The van der Waals surface area contributed by atoms with Crippen molar-refractivity contribution in [1.29, 1.82) is 0 Å². The van der Waals surface area contributed by atoms with Crippen molar-refractivity contribution in [1.82, 2.24) is 0 Å². The SMILES string of the molecule is CCS(=O)(=O)c1ccc(N2CC3CCC(O)C3C2)cc1. The van der Waals surface area contributed by atoms with Crippen LogP contribution >= 0.6 is 0 Å². The third kappa shape index (κ3) is 2.33. The van der Waals surface area contributed by atoms with Crippen LogP contribution in [0, 0.1) is 11.8 Å². The molecule has 110 valence electrons. The Kier molecular flexibility index (Phi) is 3.50. The van der Waals surface area contributed by atoms with E-state index in [0.29, 0.717) is 16.7 Å². The summed E-state index contributed by atoms with van der Waals surface area (Å²) in [4.78, 5) is 2.66. The van der Waals surface area contributed by atoms with Crippen molar-refractivity contribution in [2.45, 2.75) is 30.8 Å². The molecule has 5 heteroatoms. The topological polar surface area (TPSA) is 57.6 Å². The first kappa shape index (κ1) is 13.9. The van der Waals surface area contributed by atoms with Crippen molar-refractivity contribution >= 4 is 15.5 Å². The number of nitrogens with zero attached hydrogens (tertiary/aromatic N) is 1. The van der Waals surface area contributed by atoms with E-state index in [4.69, 9.17) is 0 Å². The molecule has 1 heterocycles. The van der Waals surface area contributed by atoms with Crippen molar-refractivity contribution in [2.75, 3.05) is 23.7 Å². The minimum absolute atomic E-state index is 0.131. The summed E-state index contributed by atoms with van der Waals surface area (Å²) in [6, 6.07) is 7.16. The van der Waals surface area contributed by atoms with E-state index in [0.717, 1.165) is 31.6 Å². The van der Waals surface area contributed by atoms with E-state index >= 15 is 0 Å². The van der Waals surface area contributed by atoms with Gasteiger partial charge in [-0.1, -0.05) is 6.92 Å². The normalized spacial score (nSPS) is 29.7. The maximum atomic E-state index is 11.8. The molecule has 3 rings (SSSR count). The Labute approximate surface area is 120 Å². The van der Waals surface area contributed by atoms with Gasteiger partial charge < -0.3 is 10.0 Å². The average molecular weight is 295 g/mol. The third-order valence-electron chi connectivity index (χ3n) is 4.76. The Hall–Kier alpha value is -1.07. The zero-order valence-electron chi connectivity index (χ0n) is 11.7. The van der Waals surface area contributed by atoms with E-state index in [2.05, 4.69) is 4.90 Å². The highest BCUT2D eigenvalue weighted by Gasteiger charge is 2.41. The van der Waals surface area contributed by atoms with E-state index < -0.39 is 9.84 Å². The number of aliphatic hydroxyl groups is 1. The summed E-state index contributed by atoms with van der Waals surface area (Å²) in [5.41, 5.74) is 1.06. The maximum Gasteiger partial charge on any atom is 0.178 e. The van der Waals surface area contributed by atoms with Gasteiger partial charge in [0.15, 0.2) is 9.84 Å². The first-order valence-corrected chi connectivity index (χ1v) is 8.92. The van der Waals surface area contributed by atoms with Crippen LogP contribution in [0.3, 0.4) is 0 Å². The second-order valence-corrected chi connectivity index (χ2v) is 8.15. The molecule has 0 bridgehead atoms. The van der Waals surface area contributed by atoms with Crippen molar-refractivity contribution in [3.8, 4) is 0 Å². The van der Waals surface area contributed by atoms with Gasteiger partial charge in [-0.05, 0) is 43.0 Å². The van der Waals surface area contributed by atoms with Crippen LogP contribution in [0.4, 0.5) is 5.69 Å². The van der Waals surface area contributed by atoms with E-state index in [1.807, 2.05) is 12.1 Å². The van der Waals surface area contributed by atoms with Crippen molar-refractivity contribution < 1.29 is 13.5 Å². The number of sulfone groups is 1. The Morgan fingerprint density at radius 1 is 1.20 bits per heavy atom. The van der Waals surface area contributed by atoms with Crippen LogP contribution in [0.2, 0.25) is 0 Å². The molecule has 2 aliphatic rings. The molecule has 1 aromatic carbocycles. The predicted octanol–water partition coefficient (Wildman–Crippen LogP) is 1.69. The molecular weight excluding hydrogens is 274 g/mol. The second kappa shape index (κ2) is 5.04. The van der Waals surface area contributed by atoms with Gasteiger partial charge in [0.1, 0.15) is 0 Å². The average Bonchev–Trinajstić information content (AvgIpc) is 3.02. The van der Waals surface area contributed by atoms with Gasteiger partial charge in [0.2, 0.25) is 0 Å². The van der Waals surface area contributed by atoms with Crippen LogP contribution in [0.15, 0.2) is 29.2 Å². The van der Waals surface area contributed by atoms with E-state index in [1.54, 1.807) is 19.1 Å². The van der Waals surface area contributed by atoms with E-state index in [-0.39, 0.29) is 11.9 Å². The van der Waals surface area contributed by atoms with Gasteiger partial charge in [-0.15, -0.1) is 0 Å². The highest BCUT2D eigenvalue weighted by atomic mass is 32.2. The maximum absolute atomic E-state index is 11.8. The van der Waals surface area contributed by atoms with Gasteiger partial charge in [0, 0.05) is 24.7 Å². The van der Waals surface area contributed by atoms with Gasteiger partial charge >= 0.3 is 0 Å². The molecule has 3 unspecified atom stereocenters. The van der Waals surface area contributed by atoms with Gasteiger partial charge in [-0.2, -0.15) is 0 Å². The molecule has 0 aromatic heterocycles. The molecule has 1 saturated heterocycles. The summed E-state index contributed by atoms with van der Waals surface area (Å²) in [5, 5.41) is 9.94. The fraction of sp³-hybridized carbons (Fsp3) is 0.600. The summed E-state index contributed by atoms with van der Waals surface area (Å²) in [6.07, 6.45) is 1.87. The summed E-state index contributed by atoms with van der Waals surface area (Å²) >= 11 is 0. The molecule has 1 saturated carbocycles. The third-order valence-corrected chi connectivity index (χ3v) is 6.51. The molecule has 3 atom stereocenters. The Morgan fingerprint density at radius 3 is 2.50 bits per heavy atom. The first-order chi connectivity index (χ1) is 9.51. The molecule has 1 N–H and O–H groups in total. The quantitative estimate of drug-likeness (QED) is 0.922. The standard InChI is InChI=1S/C15H21NO3S/c1-2-20(18,19)13-6-4-12(5-7-13)16-9-11-3-8-15(17)14(11)10-16/h4-7,11,14-15,17H,2-3,8-10H2,1H3. The van der Waals surface area contributed by atoms with Crippen molar-refractivity contribution in [2.24, 2.45) is 11.8 Å². The van der Waals surface area contributed by atoms with Crippen LogP contribution in [-0.2, 0) is 9.84 Å². The molecule has 0 amide bonds. The molecule has 1 aliphatic heterocycles. The molecule has 4 nitrogen and oxygen atoms in total. The monoisotopic (exact) mass is 295 g/mol.